The van der Waals surface area contributed by atoms with Crippen LogP contribution in [0.5, 0.6) is 0 Å². The van der Waals surface area contributed by atoms with Gasteiger partial charge in [-0.3, -0.25) is 9.80 Å². The van der Waals surface area contributed by atoms with E-state index < -0.39 is 0 Å². The Morgan fingerprint density at radius 1 is 0.677 bits per heavy atom. The zero-order valence-corrected chi connectivity index (χ0v) is 19.5. The van der Waals surface area contributed by atoms with Crippen molar-refractivity contribution >= 4 is 23.5 Å². The Kier molecular flexibility index (Phi) is 6.70. The van der Waals surface area contributed by atoms with Crippen molar-refractivity contribution < 1.29 is 0 Å². The molecule has 2 heterocycles. The molecule has 2 saturated heterocycles. The van der Waals surface area contributed by atoms with E-state index in [2.05, 4.69) is 124 Å². The van der Waals surface area contributed by atoms with Crippen LogP contribution in [0.15, 0.2) is 91.0 Å². The summed E-state index contributed by atoms with van der Waals surface area (Å²) in [5.74, 6) is 1.21. The molecule has 0 radical (unpaired) electrons. The van der Waals surface area contributed by atoms with Crippen molar-refractivity contribution in [3.8, 4) is 0 Å². The molecule has 0 spiro atoms. The first kappa shape index (κ1) is 21.1. The van der Waals surface area contributed by atoms with Crippen LogP contribution in [0.4, 0.5) is 0 Å². The number of rotatable bonds is 6. The highest BCUT2D eigenvalue weighted by Gasteiger charge is 2.44. The summed E-state index contributed by atoms with van der Waals surface area (Å²) in [6.07, 6.45) is 0. The molecule has 3 aromatic carbocycles. The highest BCUT2D eigenvalue weighted by molar-refractivity contribution is 8.21. The minimum atomic E-state index is 0.0162. The van der Waals surface area contributed by atoms with Gasteiger partial charge < -0.3 is 0 Å². The number of nitrogens with zero attached hydrogens (tertiary/aromatic N) is 2. The average Bonchev–Trinajstić information content (AvgIpc) is 3.27. The second-order valence-corrected chi connectivity index (χ2v) is 11.5. The van der Waals surface area contributed by atoms with E-state index in [4.69, 9.17) is 0 Å². The highest BCUT2D eigenvalue weighted by Crippen LogP contribution is 2.59. The lowest BCUT2D eigenvalue weighted by atomic mass is 10.0. The zero-order valence-electron chi connectivity index (χ0n) is 17.9. The predicted molar refractivity (Wildman–Crippen MR) is 136 cm³/mol. The summed E-state index contributed by atoms with van der Waals surface area (Å²) in [6, 6.07) is 33.1. The van der Waals surface area contributed by atoms with Crippen molar-refractivity contribution in [1.29, 1.82) is 0 Å². The molecule has 2 aliphatic heterocycles. The molecule has 5 rings (SSSR count). The average molecular weight is 447 g/mol. The van der Waals surface area contributed by atoms with Gasteiger partial charge in [0.05, 0.1) is 0 Å². The Morgan fingerprint density at radius 3 is 1.77 bits per heavy atom. The summed E-state index contributed by atoms with van der Waals surface area (Å²) < 4.78 is 0.0162. The summed E-state index contributed by atoms with van der Waals surface area (Å²) in [5.41, 5.74) is 4.27. The van der Waals surface area contributed by atoms with Crippen molar-refractivity contribution in [3.05, 3.63) is 108 Å². The summed E-state index contributed by atoms with van der Waals surface area (Å²) in [7, 11) is 0. The van der Waals surface area contributed by atoms with E-state index in [9.17, 15) is 0 Å². The molecule has 0 bridgehead atoms. The second kappa shape index (κ2) is 9.83. The molecule has 0 saturated carbocycles. The molecular weight excluding hydrogens is 416 g/mol. The molecule has 2 nitrogen and oxygen atoms in total. The monoisotopic (exact) mass is 446 g/mol. The van der Waals surface area contributed by atoms with E-state index in [1.165, 1.54) is 55.2 Å². The fourth-order valence-corrected chi connectivity index (χ4v) is 8.44. The predicted octanol–water partition coefficient (Wildman–Crippen LogP) is 5.55. The second-order valence-electron chi connectivity index (χ2n) is 8.46. The van der Waals surface area contributed by atoms with Gasteiger partial charge in [-0.25, -0.2) is 0 Å². The third kappa shape index (κ3) is 4.88. The molecule has 1 unspecified atom stereocenters. The maximum absolute atomic E-state index is 2.69. The maximum atomic E-state index is 2.69. The molecule has 2 fully saturated rings. The third-order valence-corrected chi connectivity index (χ3v) is 10.0. The molecule has 1 atom stereocenters. The van der Waals surface area contributed by atoms with Crippen molar-refractivity contribution in [1.82, 2.24) is 9.80 Å². The maximum Gasteiger partial charge on any atom is 0.112 e. The molecule has 31 heavy (non-hydrogen) atoms. The van der Waals surface area contributed by atoms with Crippen LogP contribution in [0.3, 0.4) is 0 Å². The molecule has 0 aromatic heterocycles. The minimum absolute atomic E-state index is 0.0162. The molecule has 3 aromatic rings. The van der Waals surface area contributed by atoms with Gasteiger partial charge in [0, 0.05) is 50.3 Å². The smallest absolute Gasteiger partial charge is 0.112 e. The molecule has 0 N–H and O–H groups in total. The standard InChI is InChI=1S/C27H30N2S2/c1-4-10-23(11-5-1)20-28-16-18-29(19-17-28)21-26-22-30-27(31-26,24-12-6-2-7-13-24)25-14-8-3-9-15-25/h1-15,26H,16-22H2. The molecule has 4 heteroatoms. The van der Waals surface area contributed by atoms with E-state index >= 15 is 0 Å². The van der Waals surface area contributed by atoms with Crippen LogP contribution in [0.1, 0.15) is 16.7 Å². The van der Waals surface area contributed by atoms with Crippen molar-refractivity contribution in [3.63, 3.8) is 0 Å². The lowest BCUT2D eigenvalue weighted by molar-refractivity contribution is 0.129. The van der Waals surface area contributed by atoms with Crippen LogP contribution in [-0.2, 0) is 10.6 Å². The van der Waals surface area contributed by atoms with Crippen LogP contribution in [0, 0.1) is 0 Å². The zero-order chi connectivity index (χ0) is 20.9. The van der Waals surface area contributed by atoms with E-state index in [1.807, 2.05) is 0 Å². The topological polar surface area (TPSA) is 6.48 Å². The Hall–Kier alpha value is -1.72. The molecule has 160 valence electrons. The van der Waals surface area contributed by atoms with Gasteiger partial charge in [0.25, 0.3) is 0 Å². The number of benzene rings is 3. The molecule has 2 aliphatic rings. The van der Waals surface area contributed by atoms with E-state index in [0.29, 0.717) is 5.25 Å². The quantitative estimate of drug-likeness (QED) is 0.489. The lowest BCUT2D eigenvalue weighted by Gasteiger charge is -2.36. The van der Waals surface area contributed by atoms with Crippen LogP contribution in [0.2, 0.25) is 0 Å². The Morgan fingerprint density at radius 2 is 1.19 bits per heavy atom. The summed E-state index contributed by atoms with van der Waals surface area (Å²) in [4.78, 5) is 5.28. The fraction of sp³-hybridized carbons (Fsp3) is 0.333. The van der Waals surface area contributed by atoms with Gasteiger partial charge >= 0.3 is 0 Å². The van der Waals surface area contributed by atoms with Crippen LogP contribution >= 0.6 is 23.5 Å². The number of piperazine rings is 1. The van der Waals surface area contributed by atoms with E-state index in [-0.39, 0.29) is 4.08 Å². The van der Waals surface area contributed by atoms with Crippen molar-refractivity contribution in [2.75, 3.05) is 38.5 Å². The van der Waals surface area contributed by atoms with Gasteiger partial charge in [-0.05, 0) is 16.7 Å². The first-order valence-electron chi connectivity index (χ1n) is 11.2. The summed E-state index contributed by atoms with van der Waals surface area (Å²) in [6.45, 7) is 6.96. The van der Waals surface area contributed by atoms with Crippen molar-refractivity contribution in [2.45, 2.75) is 15.9 Å². The highest BCUT2D eigenvalue weighted by atomic mass is 32.2. The van der Waals surface area contributed by atoms with E-state index in [1.54, 1.807) is 0 Å². The van der Waals surface area contributed by atoms with Gasteiger partial charge in [0.15, 0.2) is 0 Å². The first-order valence-corrected chi connectivity index (χ1v) is 13.1. The SMILES string of the molecule is c1ccc(CN2CCN(CC3CSC(c4ccccc4)(c4ccccc4)S3)CC2)cc1. The van der Waals surface area contributed by atoms with Gasteiger partial charge in [-0.2, -0.15) is 0 Å². The Bertz CT molecular complexity index is 901. The van der Waals surface area contributed by atoms with Gasteiger partial charge in [0.2, 0.25) is 0 Å². The van der Waals surface area contributed by atoms with Gasteiger partial charge in [-0.15, -0.1) is 23.5 Å². The molecule has 0 amide bonds. The fourth-order valence-electron chi connectivity index (χ4n) is 4.65. The van der Waals surface area contributed by atoms with Gasteiger partial charge in [0.1, 0.15) is 4.08 Å². The van der Waals surface area contributed by atoms with E-state index in [0.717, 1.165) is 6.54 Å². The third-order valence-electron chi connectivity index (χ3n) is 6.29. The Balaban J connectivity index is 1.22. The summed E-state index contributed by atoms with van der Waals surface area (Å²) in [5, 5.41) is 0.658. The van der Waals surface area contributed by atoms with Crippen LogP contribution in [-0.4, -0.2) is 53.5 Å². The van der Waals surface area contributed by atoms with Crippen LogP contribution < -0.4 is 0 Å². The largest absolute Gasteiger partial charge is 0.300 e. The normalized spacial score (nSPS) is 21.9. The number of hydrogen-bond acceptors (Lipinski definition) is 4. The molecular formula is C27H30N2S2. The number of hydrogen-bond donors (Lipinski definition) is 0. The summed E-state index contributed by atoms with van der Waals surface area (Å²) >= 11 is 4.29. The van der Waals surface area contributed by atoms with Gasteiger partial charge in [-0.1, -0.05) is 91.0 Å². The first-order chi connectivity index (χ1) is 15.3. The Labute approximate surface area is 195 Å². The molecule has 0 aliphatic carbocycles. The van der Waals surface area contributed by atoms with Crippen molar-refractivity contribution in [2.24, 2.45) is 0 Å². The lowest BCUT2D eigenvalue weighted by Crippen LogP contribution is -2.47. The number of thioether (sulfide) groups is 2. The van der Waals surface area contributed by atoms with Crippen LogP contribution in [0.25, 0.3) is 0 Å². The minimum Gasteiger partial charge on any atom is -0.300 e.